The molecule has 4 nitrogen and oxygen atoms in total. The van der Waals surface area contributed by atoms with Gasteiger partial charge in [0.25, 0.3) is 5.91 Å². The number of ether oxygens (including phenoxy) is 1. The molecule has 0 saturated heterocycles. The fraction of sp³-hybridized carbons (Fsp3) is 0.143. The second-order valence-electron chi connectivity index (χ2n) is 4.16. The molecule has 110 valence electrons. The summed E-state index contributed by atoms with van der Waals surface area (Å²) in [5.41, 5.74) is 1.36. The number of benzene rings is 1. The zero-order valence-electron chi connectivity index (χ0n) is 10.9. The molecule has 0 unspecified atom stereocenters. The number of pyridine rings is 1. The van der Waals surface area contributed by atoms with Gasteiger partial charge in [0, 0.05) is 17.6 Å². The first-order valence-electron chi connectivity index (χ1n) is 5.94. The van der Waals surface area contributed by atoms with Crippen LogP contribution >= 0.6 is 11.6 Å². The summed E-state index contributed by atoms with van der Waals surface area (Å²) in [4.78, 5) is 16.0. The number of hydrogen-bond acceptors (Lipinski definition) is 3. The van der Waals surface area contributed by atoms with Gasteiger partial charge in [0.2, 0.25) is 0 Å². The van der Waals surface area contributed by atoms with Crippen LogP contribution in [0.5, 0.6) is 5.75 Å². The maximum absolute atomic E-state index is 12.0. The summed E-state index contributed by atoms with van der Waals surface area (Å²) in [5, 5.41) is 2.88. The van der Waals surface area contributed by atoms with Crippen molar-refractivity contribution in [3.05, 3.63) is 52.8 Å². The Bertz CT molecular complexity index is 648. The number of anilines is 1. The molecule has 0 aliphatic carbocycles. The second kappa shape index (κ2) is 6.49. The minimum Gasteiger partial charge on any atom is -0.435 e. The molecule has 1 heterocycles. The molecule has 0 fully saturated rings. The first kappa shape index (κ1) is 15.2. The molecule has 1 N–H and O–H groups in total. The van der Waals surface area contributed by atoms with Gasteiger partial charge >= 0.3 is 6.61 Å². The molecule has 0 radical (unpaired) electrons. The highest BCUT2D eigenvalue weighted by Gasteiger charge is 2.12. The Hall–Kier alpha value is -2.21. The molecule has 2 aromatic rings. The first-order valence-corrected chi connectivity index (χ1v) is 6.32. The summed E-state index contributed by atoms with van der Waals surface area (Å²) >= 11 is 5.97. The monoisotopic (exact) mass is 312 g/mol. The quantitative estimate of drug-likeness (QED) is 0.931. The molecule has 0 atom stereocenters. The van der Waals surface area contributed by atoms with Crippen molar-refractivity contribution in [2.45, 2.75) is 13.5 Å². The predicted octanol–water partition coefficient (Wildman–Crippen LogP) is 3.90. The Morgan fingerprint density at radius 3 is 2.57 bits per heavy atom. The number of hydrogen-bond donors (Lipinski definition) is 1. The van der Waals surface area contributed by atoms with E-state index in [1.807, 2.05) is 0 Å². The normalized spacial score (nSPS) is 10.5. The van der Waals surface area contributed by atoms with Gasteiger partial charge < -0.3 is 10.1 Å². The van der Waals surface area contributed by atoms with Gasteiger partial charge in [-0.15, -0.1) is 0 Å². The topological polar surface area (TPSA) is 51.2 Å². The van der Waals surface area contributed by atoms with Crippen LogP contribution in [0.2, 0.25) is 5.02 Å². The van der Waals surface area contributed by atoms with Gasteiger partial charge in [0.1, 0.15) is 5.75 Å². The van der Waals surface area contributed by atoms with Crippen LogP contribution in [0, 0.1) is 6.92 Å². The van der Waals surface area contributed by atoms with Gasteiger partial charge in [0.15, 0.2) is 0 Å². The fourth-order valence-electron chi connectivity index (χ4n) is 1.61. The number of halogens is 3. The van der Waals surface area contributed by atoms with Crippen molar-refractivity contribution in [1.82, 2.24) is 4.98 Å². The van der Waals surface area contributed by atoms with E-state index in [0.717, 1.165) is 0 Å². The predicted molar refractivity (Wildman–Crippen MR) is 75.0 cm³/mol. The van der Waals surface area contributed by atoms with E-state index in [2.05, 4.69) is 15.0 Å². The largest absolute Gasteiger partial charge is 0.435 e. The number of amides is 1. The van der Waals surface area contributed by atoms with Crippen molar-refractivity contribution in [3.8, 4) is 5.75 Å². The molecule has 0 bridgehead atoms. The average molecular weight is 313 g/mol. The third kappa shape index (κ3) is 4.13. The molecule has 2 rings (SSSR count). The summed E-state index contributed by atoms with van der Waals surface area (Å²) < 4.78 is 28.2. The summed E-state index contributed by atoms with van der Waals surface area (Å²) in [5.74, 6) is -0.423. The number of alkyl halides is 2. The number of carbonyl (C=O) groups is 1. The zero-order valence-corrected chi connectivity index (χ0v) is 11.7. The molecule has 7 heteroatoms. The number of aryl methyl sites for hydroxylation is 1. The lowest BCUT2D eigenvalue weighted by Crippen LogP contribution is -2.13. The van der Waals surface area contributed by atoms with Crippen molar-refractivity contribution in [3.63, 3.8) is 0 Å². The van der Waals surface area contributed by atoms with Crippen LogP contribution < -0.4 is 10.1 Å². The number of aromatic nitrogens is 1. The number of rotatable bonds is 4. The van der Waals surface area contributed by atoms with E-state index in [0.29, 0.717) is 11.4 Å². The first-order chi connectivity index (χ1) is 9.95. The lowest BCUT2D eigenvalue weighted by molar-refractivity contribution is -0.0498. The lowest BCUT2D eigenvalue weighted by Gasteiger charge is -2.08. The minimum atomic E-state index is -2.89. The zero-order chi connectivity index (χ0) is 15.4. The summed E-state index contributed by atoms with van der Waals surface area (Å²) in [6.45, 7) is -1.13. The van der Waals surface area contributed by atoms with E-state index in [1.165, 1.54) is 30.5 Å². The Kier molecular flexibility index (Phi) is 4.70. The highest BCUT2D eigenvalue weighted by Crippen LogP contribution is 2.20. The Balaban J connectivity index is 2.08. The van der Waals surface area contributed by atoms with E-state index in [-0.39, 0.29) is 16.3 Å². The fourth-order valence-corrected chi connectivity index (χ4v) is 1.90. The highest BCUT2D eigenvalue weighted by atomic mass is 35.5. The summed E-state index contributed by atoms with van der Waals surface area (Å²) in [6.07, 6.45) is 1.38. The number of nitrogens with zero attached hydrogens (tertiary/aromatic N) is 1. The van der Waals surface area contributed by atoms with Gasteiger partial charge in [-0.1, -0.05) is 11.6 Å². The van der Waals surface area contributed by atoms with Crippen molar-refractivity contribution in [2.24, 2.45) is 0 Å². The summed E-state index contributed by atoms with van der Waals surface area (Å²) in [6, 6.07) is 7.14. The van der Waals surface area contributed by atoms with Gasteiger partial charge in [-0.25, -0.2) is 0 Å². The van der Waals surface area contributed by atoms with E-state index in [1.54, 1.807) is 13.0 Å². The van der Waals surface area contributed by atoms with E-state index < -0.39 is 12.5 Å². The highest BCUT2D eigenvalue weighted by molar-refractivity contribution is 6.34. The van der Waals surface area contributed by atoms with Gasteiger partial charge in [-0.3, -0.25) is 9.78 Å². The van der Waals surface area contributed by atoms with Gasteiger partial charge in [0.05, 0.1) is 10.6 Å². The van der Waals surface area contributed by atoms with Crippen LogP contribution in [-0.4, -0.2) is 17.5 Å². The Labute approximate surface area is 124 Å². The maximum Gasteiger partial charge on any atom is 0.387 e. The second-order valence-corrected chi connectivity index (χ2v) is 4.57. The van der Waals surface area contributed by atoms with Crippen LogP contribution in [-0.2, 0) is 0 Å². The standard InChI is InChI=1S/C14H11ClF2N2O2/c1-8-6-12(15)11(7-18-8)13(20)19-9-2-4-10(5-3-9)21-14(16)17/h2-7,14H,1H3,(H,19,20). The third-order valence-electron chi connectivity index (χ3n) is 2.57. The number of nitrogens with one attached hydrogen (secondary N) is 1. The smallest absolute Gasteiger partial charge is 0.387 e. The van der Waals surface area contributed by atoms with Crippen LogP contribution in [0.3, 0.4) is 0 Å². The number of carbonyl (C=O) groups excluding carboxylic acids is 1. The molecule has 1 amide bonds. The van der Waals surface area contributed by atoms with Crippen LogP contribution in [0.25, 0.3) is 0 Å². The molecule has 0 saturated carbocycles. The van der Waals surface area contributed by atoms with E-state index in [9.17, 15) is 13.6 Å². The maximum atomic E-state index is 12.0. The van der Waals surface area contributed by atoms with Crippen LogP contribution in [0.15, 0.2) is 36.5 Å². The minimum absolute atomic E-state index is 0.0121. The summed E-state index contributed by atoms with van der Waals surface area (Å²) in [7, 11) is 0. The lowest BCUT2D eigenvalue weighted by atomic mass is 10.2. The third-order valence-corrected chi connectivity index (χ3v) is 2.88. The van der Waals surface area contributed by atoms with Crippen molar-refractivity contribution in [1.29, 1.82) is 0 Å². The van der Waals surface area contributed by atoms with Crippen LogP contribution in [0.1, 0.15) is 16.1 Å². The van der Waals surface area contributed by atoms with Gasteiger partial charge in [-0.05, 0) is 37.3 Å². The molecule has 1 aromatic carbocycles. The van der Waals surface area contributed by atoms with Gasteiger partial charge in [-0.2, -0.15) is 8.78 Å². The van der Waals surface area contributed by atoms with Crippen molar-refractivity contribution >= 4 is 23.2 Å². The molecular formula is C14H11ClF2N2O2. The van der Waals surface area contributed by atoms with E-state index >= 15 is 0 Å². The molecule has 0 aliphatic heterocycles. The average Bonchev–Trinajstić information content (AvgIpc) is 2.40. The van der Waals surface area contributed by atoms with Crippen molar-refractivity contribution in [2.75, 3.05) is 5.32 Å². The molecule has 0 spiro atoms. The molecule has 21 heavy (non-hydrogen) atoms. The Morgan fingerprint density at radius 1 is 1.33 bits per heavy atom. The van der Waals surface area contributed by atoms with Crippen molar-refractivity contribution < 1.29 is 18.3 Å². The van der Waals surface area contributed by atoms with Crippen LogP contribution in [0.4, 0.5) is 14.5 Å². The Morgan fingerprint density at radius 2 is 2.00 bits per heavy atom. The SMILES string of the molecule is Cc1cc(Cl)c(C(=O)Nc2ccc(OC(F)F)cc2)cn1. The molecule has 0 aliphatic rings. The van der Waals surface area contributed by atoms with E-state index in [4.69, 9.17) is 11.6 Å². The molecular weight excluding hydrogens is 302 g/mol. The molecule has 1 aromatic heterocycles.